The lowest BCUT2D eigenvalue weighted by atomic mass is 10.1. The Labute approximate surface area is 200 Å². The summed E-state index contributed by atoms with van der Waals surface area (Å²) in [4.78, 5) is 10.4. The number of H-pyrrole nitrogens is 1. The predicted octanol–water partition coefficient (Wildman–Crippen LogP) is 6.53. The standard InChI is InChI=1S/C21H15Cl2F4N5O2/c1-3-32(19-11(22)7-10(8-12(19)23)34-21(25,26)27)20-29-14-9-28-31-17(14)18(30-20)16-13(24)5-4-6-15(16)33-2/h4-9H,3H2,1-2H3,(H,28,31). The van der Waals surface area contributed by atoms with Gasteiger partial charge in [0.25, 0.3) is 0 Å². The molecule has 0 spiro atoms. The van der Waals surface area contributed by atoms with Gasteiger partial charge in [-0.05, 0) is 19.1 Å². The Balaban J connectivity index is 1.89. The van der Waals surface area contributed by atoms with Gasteiger partial charge in [-0.1, -0.05) is 29.3 Å². The lowest BCUT2D eigenvalue weighted by Crippen LogP contribution is -2.21. The molecule has 13 heteroatoms. The largest absolute Gasteiger partial charge is 0.573 e. The summed E-state index contributed by atoms with van der Waals surface area (Å²) in [5, 5.41) is 6.46. The molecule has 7 nitrogen and oxygen atoms in total. The van der Waals surface area contributed by atoms with E-state index in [0.717, 1.165) is 12.1 Å². The second-order valence-corrected chi connectivity index (χ2v) is 7.66. The van der Waals surface area contributed by atoms with Crippen molar-refractivity contribution in [2.45, 2.75) is 13.3 Å². The summed E-state index contributed by atoms with van der Waals surface area (Å²) in [6, 6.07) is 6.29. The number of fused-ring (bicyclic) bond motifs is 1. The number of anilines is 2. The molecule has 0 fully saturated rings. The fourth-order valence-corrected chi connectivity index (χ4v) is 4.10. The van der Waals surface area contributed by atoms with Gasteiger partial charge in [-0.3, -0.25) is 5.10 Å². The fourth-order valence-electron chi connectivity index (χ4n) is 3.43. The molecule has 4 rings (SSSR count). The van der Waals surface area contributed by atoms with E-state index in [9.17, 15) is 17.6 Å². The molecule has 34 heavy (non-hydrogen) atoms. The number of methoxy groups -OCH3 is 1. The zero-order valence-electron chi connectivity index (χ0n) is 17.5. The predicted molar refractivity (Wildman–Crippen MR) is 119 cm³/mol. The lowest BCUT2D eigenvalue weighted by molar-refractivity contribution is -0.274. The SMILES string of the molecule is CCN(c1nc(-c2c(F)cccc2OC)c2[nH]ncc2n1)c1c(Cl)cc(OC(F)(F)F)cc1Cl. The number of hydrogen-bond acceptors (Lipinski definition) is 6. The maximum absolute atomic E-state index is 14.9. The van der Waals surface area contributed by atoms with Crippen molar-refractivity contribution in [1.82, 2.24) is 20.2 Å². The van der Waals surface area contributed by atoms with Gasteiger partial charge in [0.05, 0.1) is 34.6 Å². The van der Waals surface area contributed by atoms with Crippen LogP contribution >= 0.6 is 23.2 Å². The highest BCUT2D eigenvalue weighted by molar-refractivity contribution is 6.39. The lowest BCUT2D eigenvalue weighted by Gasteiger charge is -2.24. The Hall–Kier alpha value is -3.31. The van der Waals surface area contributed by atoms with Crippen LogP contribution in [0.4, 0.5) is 29.2 Å². The zero-order chi connectivity index (χ0) is 24.6. The van der Waals surface area contributed by atoms with Crippen LogP contribution in [-0.4, -0.2) is 40.2 Å². The molecule has 0 aliphatic rings. The number of alkyl halides is 3. The van der Waals surface area contributed by atoms with Gasteiger partial charge in [0.15, 0.2) is 0 Å². The first-order valence-electron chi connectivity index (χ1n) is 9.69. The van der Waals surface area contributed by atoms with Crippen molar-refractivity contribution in [2.75, 3.05) is 18.6 Å². The highest BCUT2D eigenvalue weighted by Gasteiger charge is 2.32. The van der Waals surface area contributed by atoms with E-state index < -0.39 is 17.9 Å². The molecule has 0 bridgehead atoms. The molecule has 2 aromatic carbocycles. The summed E-state index contributed by atoms with van der Waals surface area (Å²) >= 11 is 12.6. The molecule has 2 heterocycles. The van der Waals surface area contributed by atoms with Crippen LogP contribution in [0.5, 0.6) is 11.5 Å². The third kappa shape index (κ3) is 4.53. The van der Waals surface area contributed by atoms with Crippen molar-refractivity contribution in [3.05, 3.63) is 52.4 Å². The summed E-state index contributed by atoms with van der Waals surface area (Å²) in [5.74, 6) is -0.878. The number of ether oxygens (including phenoxy) is 2. The summed E-state index contributed by atoms with van der Waals surface area (Å²) in [7, 11) is 1.40. The Morgan fingerprint density at radius 3 is 2.44 bits per heavy atom. The number of rotatable bonds is 6. The molecule has 0 radical (unpaired) electrons. The zero-order valence-corrected chi connectivity index (χ0v) is 19.1. The van der Waals surface area contributed by atoms with Gasteiger partial charge in [0.2, 0.25) is 5.95 Å². The summed E-state index contributed by atoms with van der Waals surface area (Å²) in [5.41, 5.74) is 1.09. The topological polar surface area (TPSA) is 76.2 Å². The van der Waals surface area contributed by atoms with Crippen LogP contribution < -0.4 is 14.4 Å². The minimum absolute atomic E-state index is 0.0602. The molecule has 0 atom stereocenters. The van der Waals surface area contributed by atoms with Gasteiger partial charge in [-0.15, -0.1) is 13.2 Å². The average molecular weight is 516 g/mol. The van der Waals surface area contributed by atoms with E-state index in [1.54, 1.807) is 13.0 Å². The molecule has 0 unspecified atom stereocenters. The van der Waals surface area contributed by atoms with Gasteiger partial charge >= 0.3 is 6.36 Å². The van der Waals surface area contributed by atoms with Crippen LogP contribution in [0.2, 0.25) is 10.0 Å². The normalized spacial score (nSPS) is 11.6. The summed E-state index contributed by atoms with van der Waals surface area (Å²) in [6.07, 6.45) is -3.49. The molecular weight excluding hydrogens is 501 g/mol. The monoisotopic (exact) mass is 515 g/mol. The molecule has 0 aliphatic carbocycles. The van der Waals surface area contributed by atoms with Crippen LogP contribution in [0.25, 0.3) is 22.3 Å². The second-order valence-electron chi connectivity index (χ2n) is 6.85. The molecule has 0 saturated heterocycles. The number of benzene rings is 2. The maximum atomic E-state index is 14.9. The third-order valence-electron chi connectivity index (χ3n) is 4.77. The van der Waals surface area contributed by atoms with Crippen molar-refractivity contribution in [1.29, 1.82) is 0 Å². The van der Waals surface area contributed by atoms with E-state index in [-0.39, 0.29) is 45.2 Å². The molecule has 4 aromatic rings. The van der Waals surface area contributed by atoms with E-state index in [0.29, 0.717) is 11.0 Å². The molecule has 1 N–H and O–H groups in total. The smallest absolute Gasteiger partial charge is 0.496 e. The number of aromatic nitrogens is 4. The van der Waals surface area contributed by atoms with Gasteiger partial charge in [-0.25, -0.2) is 14.4 Å². The van der Waals surface area contributed by atoms with Crippen LogP contribution in [0, 0.1) is 5.82 Å². The van der Waals surface area contributed by atoms with E-state index in [2.05, 4.69) is 24.9 Å². The Morgan fingerprint density at radius 2 is 1.82 bits per heavy atom. The Morgan fingerprint density at radius 1 is 1.12 bits per heavy atom. The molecule has 0 saturated carbocycles. The maximum Gasteiger partial charge on any atom is 0.573 e. The molecule has 0 aliphatic heterocycles. The fraction of sp³-hybridized carbons (Fsp3) is 0.190. The second kappa shape index (κ2) is 9.15. The summed E-state index contributed by atoms with van der Waals surface area (Å²) in [6.45, 7) is 1.95. The van der Waals surface area contributed by atoms with E-state index >= 15 is 0 Å². The van der Waals surface area contributed by atoms with Crippen molar-refractivity contribution < 1.29 is 27.0 Å². The van der Waals surface area contributed by atoms with Crippen LogP contribution in [0.1, 0.15) is 6.92 Å². The van der Waals surface area contributed by atoms with Gasteiger partial charge in [0, 0.05) is 18.7 Å². The van der Waals surface area contributed by atoms with Crippen molar-refractivity contribution in [3.63, 3.8) is 0 Å². The molecular formula is C21H15Cl2F4N5O2. The summed E-state index contributed by atoms with van der Waals surface area (Å²) < 4.78 is 62.0. The number of halogens is 6. The van der Waals surface area contributed by atoms with Crippen LogP contribution in [0.3, 0.4) is 0 Å². The molecule has 0 amide bonds. The quantitative estimate of drug-likeness (QED) is 0.294. The third-order valence-corrected chi connectivity index (χ3v) is 5.35. The van der Waals surface area contributed by atoms with Crippen molar-refractivity contribution in [3.8, 4) is 22.8 Å². The van der Waals surface area contributed by atoms with Crippen LogP contribution in [0.15, 0.2) is 36.5 Å². The van der Waals surface area contributed by atoms with Gasteiger partial charge in [0.1, 0.15) is 34.0 Å². The highest BCUT2D eigenvalue weighted by atomic mass is 35.5. The highest BCUT2D eigenvalue weighted by Crippen LogP contribution is 2.42. The number of hydrogen-bond donors (Lipinski definition) is 1. The van der Waals surface area contributed by atoms with Crippen molar-refractivity contribution >= 4 is 45.9 Å². The Bertz CT molecular complexity index is 1340. The number of aromatic amines is 1. The van der Waals surface area contributed by atoms with Crippen molar-refractivity contribution in [2.24, 2.45) is 0 Å². The molecule has 2 aromatic heterocycles. The Kier molecular flexibility index (Phi) is 6.41. The average Bonchev–Trinajstić information content (AvgIpc) is 3.23. The molecule has 178 valence electrons. The first kappa shape index (κ1) is 23.8. The van der Waals surface area contributed by atoms with Crippen LogP contribution in [-0.2, 0) is 0 Å². The first-order chi connectivity index (χ1) is 16.1. The first-order valence-corrected chi connectivity index (χ1v) is 10.4. The minimum atomic E-state index is -4.91. The van der Waals surface area contributed by atoms with E-state index in [4.69, 9.17) is 27.9 Å². The minimum Gasteiger partial charge on any atom is -0.496 e. The van der Waals surface area contributed by atoms with E-state index in [1.807, 2.05) is 0 Å². The number of nitrogens with zero attached hydrogens (tertiary/aromatic N) is 4. The van der Waals surface area contributed by atoms with Gasteiger partial charge in [-0.2, -0.15) is 5.10 Å². The number of nitrogens with one attached hydrogen (secondary N) is 1. The van der Waals surface area contributed by atoms with Gasteiger partial charge < -0.3 is 14.4 Å². The van der Waals surface area contributed by atoms with E-state index in [1.165, 1.54) is 30.3 Å².